The van der Waals surface area contributed by atoms with Crippen LogP contribution in [0, 0.1) is 24.6 Å². The Labute approximate surface area is 140 Å². The van der Waals surface area contributed by atoms with Gasteiger partial charge in [0, 0.05) is 13.0 Å². The zero-order chi connectivity index (χ0) is 17.3. The van der Waals surface area contributed by atoms with Gasteiger partial charge in [0.05, 0.1) is 18.7 Å². The molecule has 3 rings (SSSR count). The fourth-order valence-corrected chi connectivity index (χ4v) is 3.04. The van der Waals surface area contributed by atoms with Crippen LogP contribution in [0.15, 0.2) is 18.3 Å². The number of carbonyl (C=O) groups is 1. The Balaban J connectivity index is 1.82. The second-order valence-electron chi connectivity index (χ2n) is 6.67. The minimum Gasteiger partial charge on any atom is -0.296 e. The molecular formula is C17H22FN5O. The van der Waals surface area contributed by atoms with Crippen LogP contribution in [0.25, 0.3) is 0 Å². The van der Waals surface area contributed by atoms with E-state index in [0.717, 1.165) is 30.7 Å². The first-order valence-electron chi connectivity index (χ1n) is 8.27. The van der Waals surface area contributed by atoms with Crippen LogP contribution < -0.4 is 4.90 Å². The summed E-state index contributed by atoms with van der Waals surface area (Å²) in [6.07, 6.45) is 2.63. The third kappa shape index (κ3) is 3.44. The number of carbonyl (C=O) groups excluding carboxylic acids is 1. The first kappa shape index (κ1) is 16.5. The van der Waals surface area contributed by atoms with Gasteiger partial charge in [0.2, 0.25) is 5.91 Å². The van der Waals surface area contributed by atoms with Crippen molar-refractivity contribution >= 4 is 11.7 Å². The third-order valence-electron chi connectivity index (χ3n) is 4.12. The molecule has 2 aromatic heterocycles. The highest BCUT2D eigenvalue weighted by atomic mass is 19.1. The SMILES string of the molecule is Cc1nc2n(n1)CC(C(=O)N(CC(C)C)c1ccc(F)cn1)CC2. The summed E-state index contributed by atoms with van der Waals surface area (Å²) in [6, 6.07) is 2.90. The van der Waals surface area contributed by atoms with Crippen molar-refractivity contribution in [2.75, 3.05) is 11.4 Å². The highest BCUT2D eigenvalue weighted by Crippen LogP contribution is 2.24. The summed E-state index contributed by atoms with van der Waals surface area (Å²) in [5, 5.41) is 4.36. The minimum absolute atomic E-state index is 0.0154. The number of fused-ring (bicyclic) bond motifs is 1. The Morgan fingerprint density at radius 2 is 2.25 bits per heavy atom. The van der Waals surface area contributed by atoms with Crippen LogP contribution in [0.1, 0.15) is 31.9 Å². The number of amides is 1. The molecule has 0 fully saturated rings. The Morgan fingerprint density at radius 1 is 1.46 bits per heavy atom. The zero-order valence-corrected chi connectivity index (χ0v) is 14.2. The van der Waals surface area contributed by atoms with Gasteiger partial charge in [0.15, 0.2) is 0 Å². The van der Waals surface area contributed by atoms with Crippen molar-refractivity contribution in [3.05, 3.63) is 35.8 Å². The van der Waals surface area contributed by atoms with Gasteiger partial charge < -0.3 is 0 Å². The molecule has 0 bridgehead atoms. The standard InChI is InChI=1S/C17H22FN5O/c1-11(2)9-22(15-7-5-14(18)8-19-15)17(24)13-4-6-16-20-12(3)21-23(16)10-13/h5,7-8,11,13H,4,6,9-10H2,1-3H3. The van der Waals surface area contributed by atoms with Gasteiger partial charge >= 0.3 is 0 Å². The summed E-state index contributed by atoms with van der Waals surface area (Å²) >= 11 is 0. The number of nitrogens with zero attached hydrogens (tertiary/aromatic N) is 5. The van der Waals surface area contributed by atoms with Gasteiger partial charge in [0.1, 0.15) is 23.3 Å². The van der Waals surface area contributed by atoms with E-state index in [0.29, 0.717) is 18.9 Å². The van der Waals surface area contributed by atoms with Gasteiger partial charge in [0.25, 0.3) is 0 Å². The van der Waals surface area contributed by atoms with Crippen molar-refractivity contribution in [3.8, 4) is 0 Å². The smallest absolute Gasteiger partial charge is 0.233 e. The van der Waals surface area contributed by atoms with E-state index in [1.807, 2.05) is 25.5 Å². The van der Waals surface area contributed by atoms with Gasteiger partial charge in [-0.2, -0.15) is 5.10 Å². The lowest BCUT2D eigenvalue weighted by Gasteiger charge is -2.30. The molecule has 7 heteroatoms. The number of hydrogen-bond donors (Lipinski definition) is 0. The van der Waals surface area contributed by atoms with E-state index >= 15 is 0 Å². The largest absolute Gasteiger partial charge is 0.296 e. The van der Waals surface area contributed by atoms with Gasteiger partial charge in [-0.25, -0.2) is 19.0 Å². The van der Waals surface area contributed by atoms with Crippen molar-refractivity contribution in [1.82, 2.24) is 19.7 Å². The highest BCUT2D eigenvalue weighted by Gasteiger charge is 2.31. The number of halogens is 1. The molecule has 1 amide bonds. The predicted octanol–water partition coefficient (Wildman–Crippen LogP) is 2.37. The Morgan fingerprint density at radius 3 is 2.92 bits per heavy atom. The second-order valence-corrected chi connectivity index (χ2v) is 6.67. The van der Waals surface area contributed by atoms with Crippen LogP contribution in [0.4, 0.5) is 10.2 Å². The van der Waals surface area contributed by atoms with E-state index < -0.39 is 5.82 Å². The molecule has 128 valence electrons. The van der Waals surface area contributed by atoms with E-state index in [2.05, 4.69) is 15.1 Å². The van der Waals surface area contributed by atoms with Crippen molar-refractivity contribution in [2.24, 2.45) is 11.8 Å². The summed E-state index contributed by atoms with van der Waals surface area (Å²) in [5.41, 5.74) is 0. The van der Waals surface area contributed by atoms with Crippen LogP contribution in [0.3, 0.4) is 0 Å². The molecule has 0 aromatic carbocycles. The van der Waals surface area contributed by atoms with E-state index in [-0.39, 0.29) is 17.7 Å². The van der Waals surface area contributed by atoms with Crippen molar-refractivity contribution in [1.29, 1.82) is 0 Å². The molecule has 0 saturated heterocycles. The number of aromatic nitrogens is 4. The molecule has 1 atom stereocenters. The lowest BCUT2D eigenvalue weighted by atomic mass is 9.97. The van der Waals surface area contributed by atoms with Crippen LogP contribution in [0.5, 0.6) is 0 Å². The van der Waals surface area contributed by atoms with Crippen LogP contribution >= 0.6 is 0 Å². The molecule has 6 nitrogen and oxygen atoms in total. The molecule has 1 aliphatic heterocycles. The lowest BCUT2D eigenvalue weighted by Crippen LogP contribution is -2.42. The topological polar surface area (TPSA) is 63.9 Å². The van der Waals surface area contributed by atoms with Gasteiger partial charge in [-0.1, -0.05) is 13.8 Å². The van der Waals surface area contributed by atoms with Gasteiger partial charge in [-0.05, 0) is 31.4 Å². The molecule has 24 heavy (non-hydrogen) atoms. The Bertz CT molecular complexity index is 725. The van der Waals surface area contributed by atoms with Crippen LogP contribution in [0.2, 0.25) is 0 Å². The monoisotopic (exact) mass is 331 g/mol. The third-order valence-corrected chi connectivity index (χ3v) is 4.12. The number of hydrogen-bond acceptors (Lipinski definition) is 4. The summed E-state index contributed by atoms with van der Waals surface area (Å²) in [5.74, 6) is 1.90. The molecule has 3 heterocycles. The summed E-state index contributed by atoms with van der Waals surface area (Å²) in [4.78, 5) is 23.2. The Hall–Kier alpha value is -2.31. The van der Waals surface area contributed by atoms with Gasteiger partial charge in [-0.15, -0.1) is 0 Å². The van der Waals surface area contributed by atoms with Crippen molar-refractivity contribution in [2.45, 2.75) is 40.2 Å². The van der Waals surface area contributed by atoms with E-state index in [9.17, 15) is 9.18 Å². The molecule has 1 unspecified atom stereocenters. The van der Waals surface area contributed by atoms with E-state index in [1.54, 1.807) is 11.0 Å². The molecule has 0 aliphatic carbocycles. The average Bonchev–Trinajstić information content (AvgIpc) is 2.92. The maximum absolute atomic E-state index is 13.2. The quantitative estimate of drug-likeness (QED) is 0.863. The van der Waals surface area contributed by atoms with E-state index in [4.69, 9.17) is 0 Å². The number of rotatable bonds is 4. The molecule has 0 radical (unpaired) electrons. The summed E-state index contributed by atoms with van der Waals surface area (Å²) in [7, 11) is 0. The second kappa shape index (κ2) is 6.67. The number of anilines is 1. The lowest BCUT2D eigenvalue weighted by molar-refractivity contribution is -0.123. The molecular weight excluding hydrogens is 309 g/mol. The maximum atomic E-state index is 13.2. The molecule has 2 aromatic rings. The molecule has 0 spiro atoms. The number of pyridine rings is 1. The molecule has 0 saturated carbocycles. The van der Waals surface area contributed by atoms with Gasteiger partial charge in [-0.3, -0.25) is 9.69 Å². The fourth-order valence-electron chi connectivity index (χ4n) is 3.04. The molecule has 1 aliphatic rings. The summed E-state index contributed by atoms with van der Waals surface area (Å²) in [6.45, 7) is 7.03. The van der Waals surface area contributed by atoms with Crippen LogP contribution in [-0.4, -0.2) is 32.2 Å². The van der Waals surface area contributed by atoms with Crippen molar-refractivity contribution < 1.29 is 9.18 Å². The van der Waals surface area contributed by atoms with E-state index in [1.165, 1.54) is 6.07 Å². The first-order chi connectivity index (χ1) is 11.4. The highest BCUT2D eigenvalue weighted by molar-refractivity contribution is 5.94. The maximum Gasteiger partial charge on any atom is 0.233 e. The predicted molar refractivity (Wildman–Crippen MR) is 88.0 cm³/mol. The summed E-state index contributed by atoms with van der Waals surface area (Å²) < 4.78 is 15.0. The minimum atomic E-state index is -0.406. The molecule has 0 N–H and O–H groups in total. The average molecular weight is 331 g/mol. The fraction of sp³-hybridized carbons (Fsp3) is 0.529. The zero-order valence-electron chi connectivity index (χ0n) is 14.2. The van der Waals surface area contributed by atoms with Crippen molar-refractivity contribution in [3.63, 3.8) is 0 Å². The van der Waals surface area contributed by atoms with Crippen LogP contribution in [-0.2, 0) is 17.8 Å². The first-order valence-corrected chi connectivity index (χ1v) is 8.27. The normalized spacial score (nSPS) is 17.0. The Kier molecular flexibility index (Phi) is 4.59. The number of aryl methyl sites for hydroxylation is 2.